The first-order valence-corrected chi connectivity index (χ1v) is 9.22. The number of anilines is 1. The summed E-state index contributed by atoms with van der Waals surface area (Å²) in [5, 5.41) is 3.07. The third-order valence-electron chi connectivity index (χ3n) is 4.12. The van der Waals surface area contributed by atoms with Crippen LogP contribution in [0.3, 0.4) is 0 Å². The standard InChI is InChI=1S/C23H24N4O2/c1-27(2)22(28)18-13-11-17(12-14-18)16-25-23(24)26-19-7-6-10-21(15-19)29-20-8-4-3-5-9-20/h3-15H,16H2,1-2H3,(H3,24,25,26). The van der Waals surface area contributed by atoms with Crippen LogP contribution in [-0.2, 0) is 6.54 Å². The Hall–Kier alpha value is -3.80. The predicted octanol–water partition coefficient (Wildman–Crippen LogP) is 4.11. The van der Waals surface area contributed by atoms with E-state index < -0.39 is 0 Å². The molecule has 0 aromatic heterocycles. The van der Waals surface area contributed by atoms with Crippen molar-refractivity contribution in [1.29, 1.82) is 0 Å². The van der Waals surface area contributed by atoms with E-state index in [1.807, 2.05) is 66.7 Å². The molecule has 0 saturated heterocycles. The molecule has 0 fully saturated rings. The zero-order valence-corrected chi connectivity index (χ0v) is 16.5. The molecule has 0 unspecified atom stereocenters. The Kier molecular flexibility index (Phi) is 6.47. The van der Waals surface area contributed by atoms with Gasteiger partial charge in [0.1, 0.15) is 11.5 Å². The molecule has 0 heterocycles. The molecule has 0 saturated carbocycles. The van der Waals surface area contributed by atoms with Crippen LogP contribution < -0.4 is 15.8 Å². The summed E-state index contributed by atoms with van der Waals surface area (Å²) in [6.45, 7) is 0.412. The molecular formula is C23H24N4O2. The molecule has 0 aliphatic carbocycles. The van der Waals surface area contributed by atoms with Gasteiger partial charge in [0.05, 0.1) is 6.54 Å². The van der Waals surface area contributed by atoms with Crippen molar-refractivity contribution in [3.63, 3.8) is 0 Å². The number of ether oxygens (including phenoxy) is 1. The summed E-state index contributed by atoms with van der Waals surface area (Å²) in [5.41, 5.74) is 8.40. The van der Waals surface area contributed by atoms with Gasteiger partial charge in [0, 0.05) is 31.4 Å². The molecule has 0 bridgehead atoms. The summed E-state index contributed by atoms with van der Waals surface area (Å²) in [7, 11) is 3.46. The molecule has 6 heteroatoms. The van der Waals surface area contributed by atoms with Crippen molar-refractivity contribution >= 4 is 17.6 Å². The lowest BCUT2D eigenvalue weighted by Gasteiger charge is -2.10. The van der Waals surface area contributed by atoms with Crippen LogP contribution in [0.1, 0.15) is 15.9 Å². The van der Waals surface area contributed by atoms with Crippen molar-refractivity contribution in [1.82, 2.24) is 4.90 Å². The van der Waals surface area contributed by atoms with Crippen molar-refractivity contribution in [2.24, 2.45) is 10.7 Å². The summed E-state index contributed by atoms with van der Waals surface area (Å²) >= 11 is 0. The van der Waals surface area contributed by atoms with E-state index in [9.17, 15) is 4.79 Å². The van der Waals surface area contributed by atoms with Gasteiger partial charge in [-0.05, 0) is 42.0 Å². The largest absolute Gasteiger partial charge is 0.457 e. The molecule has 3 aromatic rings. The summed E-state index contributed by atoms with van der Waals surface area (Å²) < 4.78 is 5.83. The molecule has 29 heavy (non-hydrogen) atoms. The topological polar surface area (TPSA) is 80.0 Å². The molecule has 0 radical (unpaired) electrons. The number of nitrogens with two attached hydrogens (primary N) is 1. The fourth-order valence-corrected chi connectivity index (χ4v) is 2.64. The van der Waals surface area contributed by atoms with E-state index in [1.165, 1.54) is 0 Å². The maximum absolute atomic E-state index is 11.9. The van der Waals surface area contributed by atoms with E-state index in [4.69, 9.17) is 10.5 Å². The first kappa shape index (κ1) is 19.9. The van der Waals surface area contributed by atoms with Crippen molar-refractivity contribution in [2.45, 2.75) is 6.54 Å². The predicted molar refractivity (Wildman–Crippen MR) is 116 cm³/mol. The fraction of sp³-hybridized carbons (Fsp3) is 0.130. The van der Waals surface area contributed by atoms with Gasteiger partial charge in [-0.25, -0.2) is 4.99 Å². The van der Waals surface area contributed by atoms with Gasteiger partial charge in [0.2, 0.25) is 0 Å². The van der Waals surface area contributed by atoms with E-state index in [0.29, 0.717) is 23.8 Å². The second-order valence-electron chi connectivity index (χ2n) is 6.67. The molecule has 0 aliphatic rings. The minimum absolute atomic E-state index is 0.0289. The van der Waals surface area contributed by atoms with E-state index in [2.05, 4.69) is 10.3 Å². The first-order valence-electron chi connectivity index (χ1n) is 9.22. The number of carbonyl (C=O) groups excluding carboxylic acids is 1. The van der Waals surface area contributed by atoms with E-state index in [1.54, 1.807) is 31.1 Å². The van der Waals surface area contributed by atoms with Crippen LogP contribution in [0.25, 0.3) is 0 Å². The molecule has 148 valence electrons. The van der Waals surface area contributed by atoms with Gasteiger partial charge < -0.3 is 20.7 Å². The van der Waals surface area contributed by atoms with Gasteiger partial charge in [0.15, 0.2) is 5.96 Å². The number of hydrogen-bond acceptors (Lipinski definition) is 3. The van der Waals surface area contributed by atoms with Gasteiger partial charge in [-0.1, -0.05) is 36.4 Å². The number of aliphatic imine (C=N–C) groups is 1. The van der Waals surface area contributed by atoms with Crippen LogP contribution in [0.15, 0.2) is 83.9 Å². The smallest absolute Gasteiger partial charge is 0.253 e. The second kappa shape index (κ2) is 9.41. The highest BCUT2D eigenvalue weighted by Gasteiger charge is 2.07. The summed E-state index contributed by atoms with van der Waals surface area (Å²) in [6.07, 6.45) is 0. The van der Waals surface area contributed by atoms with Crippen LogP contribution in [0, 0.1) is 0 Å². The quantitative estimate of drug-likeness (QED) is 0.492. The Labute approximate surface area is 170 Å². The highest BCUT2D eigenvalue weighted by molar-refractivity contribution is 5.94. The lowest BCUT2D eigenvalue weighted by atomic mass is 10.1. The SMILES string of the molecule is CN(C)C(=O)c1ccc(CN=C(N)Nc2cccc(Oc3ccccc3)c2)cc1. The zero-order valence-electron chi connectivity index (χ0n) is 16.5. The third-order valence-corrected chi connectivity index (χ3v) is 4.12. The summed E-state index contributed by atoms with van der Waals surface area (Å²) in [4.78, 5) is 17.8. The molecule has 6 nitrogen and oxygen atoms in total. The monoisotopic (exact) mass is 388 g/mol. The van der Waals surface area contributed by atoms with Crippen molar-refractivity contribution in [2.75, 3.05) is 19.4 Å². The number of guanidine groups is 1. The summed E-state index contributed by atoms with van der Waals surface area (Å²) in [5.74, 6) is 1.74. The normalized spacial score (nSPS) is 11.0. The maximum atomic E-state index is 11.9. The highest BCUT2D eigenvalue weighted by atomic mass is 16.5. The molecule has 1 amide bonds. The lowest BCUT2D eigenvalue weighted by molar-refractivity contribution is 0.0827. The first-order chi connectivity index (χ1) is 14.0. The van der Waals surface area contributed by atoms with Gasteiger partial charge in [0.25, 0.3) is 5.91 Å². The number of para-hydroxylation sites is 1. The van der Waals surface area contributed by atoms with E-state index >= 15 is 0 Å². The number of nitrogens with one attached hydrogen (secondary N) is 1. The van der Waals surface area contributed by atoms with Gasteiger partial charge in [-0.15, -0.1) is 0 Å². The molecule has 0 atom stereocenters. The van der Waals surface area contributed by atoms with Crippen molar-refractivity contribution in [3.8, 4) is 11.5 Å². The van der Waals surface area contributed by atoms with Crippen LogP contribution in [0.5, 0.6) is 11.5 Å². The number of rotatable bonds is 6. The molecule has 3 rings (SSSR count). The van der Waals surface area contributed by atoms with E-state index in [-0.39, 0.29) is 5.91 Å². The van der Waals surface area contributed by atoms with Crippen molar-refractivity contribution < 1.29 is 9.53 Å². The second-order valence-corrected chi connectivity index (χ2v) is 6.67. The average Bonchev–Trinajstić information content (AvgIpc) is 2.73. The van der Waals surface area contributed by atoms with Gasteiger partial charge >= 0.3 is 0 Å². The van der Waals surface area contributed by atoms with Crippen LogP contribution in [-0.4, -0.2) is 30.9 Å². The fourth-order valence-electron chi connectivity index (χ4n) is 2.64. The Balaban J connectivity index is 1.60. The Morgan fingerprint density at radius 1 is 0.966 bits per heavy atom. The number of benzene rings is 3. The Morgan fingerprint density at radius 2 is 1.66 bits per heavy atom. The van der Waals surface area contributed by atoms with Gasteiger partial charge in [-0.3, -0.25) is 4.79 Å². The maximum Gasteiger partial charge on any atom is 0.253 e. The van der Waals surface area contributed by atoms with Crippen LogP contribution in [0.4, 0.5) is 5.69 Å². The highest BCUT2D eigenvalue weighted by Crippen LogP contribution is 2.23. The molecule has 0 aliphatic heterocycles. The lowest BCUT2D eigenvalue weighted by Crippen LogP contribution is -2.22. The molecule has 3 aromatic carbocycles. The summed E-state index contributed by atoms with van der Waals surface area (Å²) in [6, 6.07) is 24.4. The minimum atomic E-state index is -0.0289. The van der Waals surface area contributed by atoms with Crippen LogP contribution in [0.2, 0.25) is 0 Å². The van der Waals surface area contributed by atoms with E-state index in [0.717, 1.165) is 17.0 Å². The zero-order chi connectivity index (χ0) is 20.6. The minimum Gasteiger partial charge on any atom is -0.457 e. The van der Waals surface area contributed by atoms with Crippen LogP contribution >= 0.6 is 0 Å². The average molecular weight is 388 g/mol. The molecular weight excluding hydrogens is 364 g/mol. The molecule has 3 N–H and O–H groups in total. The Morgan fingerprint density at radius 3 is 2.34 bits per heavy atom. The number of carbonyl (C=O) groups is 1. The number of hydrogen-bond donors (Lipinski definition) is 2. The van der Waals surface area contributed by atoms with Gasteiger partial charge in [-0.2, -0.15) is 0 Å². The Bertz CT molecular complexity index is 983. The number of amides is 1. The number of nitrogens with zero attached hydrogens (tertiary/aromatic N) is 2. The van der Waals surface area contributed by atoms with Crippen molar-refractivity contribution in [3.05, 3.63) is 90.0 Å². The molecule has 0 spiro atoms. The third kappa shape index (κ3) is 5.84.